The van der Waals surface area contributed by atoms with Crippen molar-refractivity contribution in [2.45, 2.75) is 57.5 Å². The molecule has 2 N–H and O–H groups in total. The van der Waals surface area contributed by atoms with Crippen molar-refractivity contribution in [3.63, 3.8) is 0 Å². The van der Waals surface area contributed by atoms with E-state index in [0.29, 0.717) is 18.0 Å². The molecule has 0 bridgehead atoms. The Bertz CT molecular complexity index is 851. The molecule has 1 aliphatic carbocycles. The third kappa shape index (κ3) is 2.32. The molecule has 120 valence electrons. The average molecular weight is 308 g/mol. The fourth-order valence-corrected chi connectivity index (χ4v) is 3.87. The zero-order chi connectivity index (χ0) is 16.0. The van der Waals surface area contributed by atoms with Gasteiger partial charge in [0.1, 0.15) is 11.3 Å². The number of pyridine rings is 1. The van der Waals surface area contributed by atoms with Gasteiger partial charge in [-0.25, -0.2) is 4.98 Å². The molecule has 0 amide bonds. The predicted molar refractivity (Wildman–Crippen MR) is 94.6 cm³/mol. The van der Waals surface area contributed by atoms with Crippen LogP contribution < -0.4 is 5.73 Å². The van der Waals surface area contributed by atoms with Crippen molar-refractivity contribution in [3.05, 3.63) is 36.3 Å². The van der Waals surface area contributed by atoms with Crippen LogP contribution in [-0.4, -0.2) is 20.6 Å². The Labute approximate surface area is 136 Å². The van der Waals surface area contributed by atoms with Crippen molar-refractivity contribution in [3.8, 4) is 0 Å². The Morgan fingerprint density at radius 1 is 1.26 bits per heavy atom. The summed E-state index contributed by atoms with van der Waals surface area (Å²) >= 11 is 0. The van der Waals surface area contributed by atoms with Gasteiger partial charge in [0.05, 0.1) is 17.2 Å². The molecule has 0 saturated heterocycles. The molecule has 0 aliphatic heterocycles. The Balaban J connectivity index is 2.03. The number of nitrogens with zero attached hydrogens (tertiary/aromatic N) is 3. The minimum atomic E-state index is 0.315. The molecule has 4 heteroatoms. The molecule has 2 aromatic heterocycles. The Hall–Kier alpha value is -1.94. The summed E-state index contributed by atoms with van der Waals surface area (Å²) in [6, 6.07) is 9.15. The van der Waals surface area contributed by atoms with Crippen LogP contribution in [0.15, 0.2) is 30.5 Å². The van der Waals surface area contributed by atoms with E-state index in [-0.39, 0.29) is 0 Å². The lowest BCUT2D eigenvalue weighted by Crippen LogP contribution is -2.17. The third-order valence-corrected chi connectivity index (χ3v) is 5.31. The van der Waals surface area contributed by atoms with E-state index in [9.17, 15) is 0 Å². The number of hydrogen-bond donors (Lipinski definition) is 1. The van der Waals surface area contributed by atoms with Gasteiger partial charge in [0.2, 0.25) is 0 Å². The lowest BCUT2D eigenvalue weighted by Gasteiger charge is -2.20. The topological polar surface area (TPSA) is 56.7 Å². The highest BCUT2D eigenvalue weighted by Crippen LogP contribution is 2.37. The molecule has 3 aromatic rings. The third-order valence-electron chi connectivity index (χ3n) is 5.31. The number of hydrogen-bond acceptors (Lipinski definition) is 3. The minimum absolute atomic E-state index is 0.315. The molecule has 0 spiro atoms. The van der Waals surface area contributed by atoms with Gasteiger partial charge in [0.15, 0.2) is 0 Å². The number of fused-ring (bicyclic) bond motifs is 3. The Morgan fingerprint density at radius 2 is 2.09 bits per heavy atom. The maximum Gasteiger partial charge on any atom is 0.113 e. The largest absolute Gasteiger partial charge is 0.328 e. The molecule has 23 heavy (non-hydrogen) atoms. The zero-order valence-electron chi connectivity index (χ0n) is 13.9. The van der Waals surface area contributed by atoms with E-state index in [1.807, 2.05) is 12.3 Å². The van der Waals surface area contributed by atoms with Gasteiger partial charge in [-0.05, 0) is 31.7 Å². The fraction of sp³-hybridized carbons (Fsp3) is 0.474. The SMILES string of the molecule is CCC(C)c1nc2cnc3ccccc3c2n1C1CCC(N)C1. The Morgan fingerprint density at radius 3 is 2.83 bits per heavy atom. The summed E-state index contributed by atoms with van der Waals surface area (Å²) in [7, 11) is 0. The van der Waals surface area contributed by atoms with Crippen molar-refractivity contribution < 1.29 is 0 Å². The van der Waals surface area contributed by atoms with Crippen molar-refractivity contribution in [1.82, 2.24) is 14.5 Å². The van der Waals surface area contributed by atoms with Crippen molar-refractivity contribution >= 4 is 21.9 Å². The monoisotopic (exact) mass is 308 g/mol. The first-order chi connectivity index (χ1) is 11.2. The summed E-state index contributed by atoms with van der Waals surface area (Å²) in [5, 5.41) is 1.20. The van der Waals surface area contributed by atoms with Crippen LogP contribution in [0.4, 0.5) is 0 Å². The van der Waals surface area contributed by atoms with Gasteiger partial charge in [0, 0.05) is 23.4 Å². The molecule has 2 heterocycles. The first kappa shape index (κ1) is 14.6. The highest BCUT2D eigenvalue weighted by Gasteiger charge is 2.29. The second-order valence-corrected chi connectivity index (χ2v) is 6.89. The average Bonchev–Trinajstić information content (AvgIpc) is 3.17. The normalized spacial score (nSPS) is 22.9. The van der Waals surface area contributed by atoms with Crippen molar-refractivity contribution in [1.29, 1.82) is 0 Å². The van der Waals surface area contributed by atoms with Gasteiger partial charge in [-0.3, -0.25) is 4.98 Å². The summed E-state index contributed by atoms with van der Waals surface area (Å²) in [5.41, 5.74) is 9.50. The highest BCUT2D eigenvalue weighted by molar-refractivity contribution is 6.02. The van der Waals surface area contributed by atoms with Crippen LogP contribution in [0, 0.1) is 0 Å². The van der Waals surface area contributed by atoms with Gasteiger partial charge >= 0.3 is 0 Å². The molecule has 3 unspecified atom stereocenters. The van der Waals surface area contributed by atoms with Crippen molar-refractivity contribution in [2.75, 3.05) is 0 Å². The second-order valence-electron chi connectivity index (χ2n) is 6.89. The molecule has 0 radical (unpaired) electrons. The Kier molecular flexibility index (Phi) is 3.57. The van der Waals surface area contributed by atoms with Crippen LogP contribution in [0.2, 0.25) is 0 Å². The van der Waals surface area contributed by atoms with Crippen LogP contribution in [0.5, 0.6) is 0 Å². The molecule has 1 aromatic carbocycles. The van der Waals surface area contributed by atoms with Crippen LogP contribution in [0.1, 0.15) is 57.3 Å². The van der Waals surface area contributed by atoms with Gasteiger partial charge < -0.3 is 10.3 Å². The van der Waals surface area contributed by atoms with Crippen LogP contribution in [0.25, 0.3) is 21.9 Å². The van der Waals surface area contributed by atoms with E-state index in [1.165, 1.54) is 16.7 Å². The van der Waals surface area contributed by atoms with E-state index in [0.717, 1.165) is 36.7 Å². The molecule has 4 nitrogen and oxygen atoms in total. The number of rotatable bonds is 3. The summed E-state index contributed by atoms with van der Waals surface area (Å²) in [5.74, 6) is 1.64. The molecular formula is C19H24N4. The smallest absolute Gasteiger partial charge is 0.113 e. The lowest BCUT2D eigenvalue weighted by molar-refractivity contribution is 0.484. The first-order valence-corrected chi connectivity index (χ1v) is 8.70. The molecule has 1 fully saturated rings. The maximum absolute atomic E-state index is 6.20. The second kappa shape index (κ2) is 5.60. The van der Waals surface area contributed by atoms with E-state index >= 15 is 0 Å². The number of imidazole rings is 1. The highest BCUT2D eigenvalue weighted by atomic mass is 15.1. The minimum Gasteiger partial charge on any atom is -0.328 e. The summed E-state index contributed by atoms with van der Waals surface area (Å²) in [6.45, 7) is 4.49. The molecule has 1 aliphatic rings. The number of para-hydroxylation sites is 1. The van der Waals surface area contributed by atoms with Crippen LogP contribution in [0.3, 0.4) is 0 Å². The zero-order valence-corrected chi connectivity index (χ0v) is 13.9. The molecule has 4 rings (SSSR count). The number of nitrogens with two attached hydrogens (primary N) is 1. The molecule has 1 saturated carbocycles. The predicted octanol–water partition coefficient (Wildman–Crippen LogP) is 4.15. The van der Waals surface area contributed by atoms with E-state index in [4.69, 9.17) is 10.7 Å². The van der Waals surface area contributed by atoms with Gasteiger partial charge in [-0.2, -0.15) is 0 Å². The van der Waals surface area contributed by atoms with E-state index in [2.05, 4.69) is 41.6 Å². The van der Waals surface area contributed by atoms with Gasteiger partial charge in [0.25, 0.3) is 0 Å². The number of aromatic nitrogens is 3. The molecular weight excluding hydrogens is 284 g/mol. The van der Waals surface area contributed by atoms with E-state index in [1.54, 1.807) is 0 Å². The standard InChI is InChI=1S/C19H24N4/c1-3-12(2)19-22-17-11-21-16-7-5-4-6-15(16)18(17)23(19)14-9-8-13(20)10-14/h4-7,11-14H,3,8-10,20H2,1-2H3. The fourth-order valence-electron chi connectivity index (χ4n) is 3.87. The lowest BCUT2D eigenvalue weighted by atomic mass is 10.1. The maximum atomic E-state index is 6.20. The summed E-state index contributed by atoms with van der Waals surface area (Å²) in [6.07, 6.45) is 6.31. The van der Waals surface area contributed by atoms with Crippen LogP contribution in [-0.2, 0) is 0 Å². The first-order valence-electron chi connectivity index (χ1n) is 8.70. The summed E-state index contributed by atoms with van der Waals surface area (Å²) in [4.78, 5) is 9.55. The van der Waals surface area contributed by atoms with E-state index < -0.39 is 0 Å². The summed E-state index contributed by atoms with van der Waals surface area (Å²) < 4.78 is 2.49. The molecule has 3 atom stereocenters. The van der Waals surface area contributed by atoms with Gasteiger partial charge in [-0.15, -0.1) is 0 Å². The van der Waals surface area contributed by atoms with Crippen LogP contribution >= 0.6 is 0 Å². The van der Waals surface area contributed by atoms with Gasteiger partial charge in [-0.1, -0.05) is 32.0 Å². The number of benzene rings is 1. The van der Waals surface area contributed by atoms with Crippen molar-refractivity contribution in [2.24, 2.45) is 5.73 Å². The quantitative estimate of drug-likeness (QED) is 0.790.